The Morgan fingerprint density at radius 3 is 2.38 bits per heavy atom. The Morgan fingerprint density at radius 1 is 1.10 bits per heavy atom. The van der Waals surface area contributed by atoms with E-state index in [-0.39, 0.29) is 5.56 Å². The van der Waals surface area contributed by atoms with Gasteiger partial charge in [-0.1, -0.05) is 11.6 Å². The standard InChI is InChI=1S/C14H7BrClF3N2/c15-9-3-7(1-2-10(9)16)21-14(6-20)8-4-12(18)13(19)5-11(8)17/h1-5,14,21H. The van der Waals surface area contributed by atoms with E-state index < -0.39 is 23.5 Å². The Kier molecular flexibility index (Phi) is 4.76. The Morgan fingerprint density at radius 2 is 1.76 bits per heavy atom. The molecule has 0 spiro atoms. The first-order chi connectivity index (χ1) is 9.92. The second-order valence-electron chi connectivity index (χ2n) is 4.12. The van der Waals surface area contributed by atoms with Crippen LogP contribution in [0, 0.1) is 28.8 Å². The lowest BCUT2D eigenvalue weighted by molar-refractivity contribution is 0.489. The van der Waals surface area contributed by atoms with E-state index in [9.17, 15) is 13.2 Å². The summed E-state index contributed by atoms with van der Waals surface area (Å²) in [7, 11) is 0. The molecular weight excluding hydrogens is 369 g/mol. The molecule has 0 aliphatic heterocycles. The first-order valence-electron chi connectivity index (χ1n) is 5.68. The average molecular weight is 376 g/mol. The van der Waals surface area contributed by atoms with E-state index in [1.54, 1.807) is 24.3 Å². The van der Waals surface area contributed by atoms with E-state index in [1.165, 1.54) is 0 Å². The second-order valence-corrected chi connectivity index (χ2v) is 5.38. The van der Waals surface area contributed by atoms with Crippen LogP contribution in [0.2, 0.25) is 5.02 Å². The molecule has 0 heterocycles. The third kappa shape index (κ3) is 3.49. The van der Waals surface area contributed by atoms with Crippen LogP contribution in [-0.4, -0.2) is 0 Å². The number of rotatable bonds is 3. The van der Waals surface area contributed by atoms with Gasteiger partial charge >= 0.3 is 0 Å². The molecule has 2 rings (SSSR count). The van der Waals surface area contributed by atoms with Crippen molar-refractivity contribution in [3.63, 3.8) is 0 Å². The normalized spacial score (nSPS) is 11.8. The second kappa shape index (κ2) is 6.37. The molecule has 0 aliphatic carbocycles. The van der Waals surface area contributed by atoms with Crippen molar-refractivity contribution in [2.75, 3.05) is 5.32 Å². The predicted molar refractivity (Wildman–Crippen MR) is 77.4 cm³/mol. The average Bonchev–Trinajstić information content (AvgIpc) is 2.44. The number of hydrogen-bond donors (Lipinski definition) is 1. The summed E-state index contributed by atoms with van der Waals surface area (Å²) in [4.78, 5) is 0. The molecule has 2 nitrogen and oxygen atoms in total. The molecule has 0 saturated heterocycles. The summed E-state index contributed by atoms with van der Waals surface area (Å²) < 4.78 is 40.4. The highest BCUT2D eigenvalue weighted by Gasteiger charge is 2.19. The molecule has 2 aromatic rings. The number of anilines is 1. The molecule has 2 aromatic carbocycles. The maximum Gasteiger partial charge on any atom is 0.161 e. The predicted octanol–water partition coefficient (Wildman–Crippen LogP) is 5.20. The van der Waals surface area contributed by atoms with Crippen molar-refractivity contribution in [2.24, 2.45) is 0 Å². The van der Waals surface area contributed by atoms with Gasteiger partial charge in [0, 0.05) is 21.8 Å². The van der Waals surface area contributed by atoms with Gasteiger partial charge in [0.2, 0.25) is 0 Å². The van der Waals surface area contributed by atoms with Crippen LogP contribution in [0.1, 0.15) is 11.6 Å². The fourth-order valence-electron chi connectivity index (χ4n) is 1.69. The van der Waals surface area contributed by atoms with Crippen LogP contribution >= 0.6 is 27.5 Å². The summed E-state index contributed by atoms with van der Waals surface area (Å²) in [6.07, 6.45) is 0. The van der Waals surface area contributed by atoms with Crippen LogP contribution in [0.15, 0.2) is 34.8 Å². The Labute approximate surface area is 132 Å². The van der Waals surface area contributed by atoms with Crippen molar-refractivity contribution < 1.29 is 13.2 Å². The molecule has 1 atom stereocenters. The van der Waals surface area contributed by atoms with Gasteiger partial charge in [-0.25, -0.2) is 13.2 Å². The molecule has 0 amide bonds. The van der Waals surface area contributed by atoms with Crippen molar-refractivity contribution in [2.45, 2.75) is 6.04 Å². The van der Waals surface area contributed by atoms with E-state index in [0.717, 1.165) is 0 Å². The summed E-state index contributed by atoms with van der Waals surface area (Å²) in [5, 5.41) is 12.3. The Balaban J connectivity index is 2.34. The minimum Gasteiger partial charge on any atom is -0.366 e. The highest BCUT2D eigenvalue weighted by molar-refractivity contribution is 9.10. The maximum absolute atomic E-state index is 13.7. The molecule has 21 heavy (non-hydrogen) atoms. The molecule has 7 heteroatoms. The quantitative estimate of drug-likeness (QED) is 0.749. The van der Waals surface area contributed by atoms with Crippen molar-refractivity contribution in [3.8, 4) is 6.07 Å². The van der Waals surface area contributed by atoms with Gasteiger partial charge in [0.15, 0.2) is 11.6 Å². The van der Waals surface area contributed by atoms with Gasteiger partial charge in [0.05, 0.1) is 11.1 Å². The summed E-state index contributed by atoms with van der Waals surface area (Å²) in [5.41, 5.74) is 0.199. The van der Waals surface area contributed by atoms with Gasteiger partial charge in [0.25, 0.3) is 0 Å². The highest BCUT2D eigenvalue weighted by Crippen LogP contribution is 2.29. The van der Waals surface area contributed by atoms with E-state index in [0.29, 0.717) is 27.3 Å². The minimum absolute atomic E-state index is 0.275. The number of nitrogens with one attached hydrogen (secondary N) is 1. The molecule has 0 radical (unpaired) electrons. The van der Waals surface area contributed by atoms with Crippen molar-refractivity contribution >= 4 is 33.2 Å². The largest absolute Gasteiger partial charge is 0.366 e. The zero-order chi connectivity index (χ0) is 15.6. The van der Waals surface area contributed by atoms with Gasteiger partial charge < -0.3 is 5.32 Å². The van der Waals surface area contributed by atoms with E-state index in [1.807, 2.05) is 0 Å². The zero-order valence-corrected chi connectivity index (χ0v) is 12.6. The van der Waals surface area contributed by atoms with Crippen molar-refractivity contribution in [1.82, 2.24) is 0 Å². The molecule has 0 bridgehead atoms. The van der Waals surface area contributed by atoms with E-state index in [2.05, 4.69) is 21.2 Å². The van der Waals surface area contributed by atoms with E-state index >= 15 is 0 Å². The van der Waals surface area contributed by atoms with Gasteiger partial charge in [-0.05, 0) is 40.2 Å². The summed E-state index contributed by atoms with van der Waals surface area (Å²) in [6.45, 7) is 0. The van der Waals surface area contributed by atoms with Gasteiger partial charge in [-0.15, -0.1) is 0 Å². The third-order valence-electron chi connectivity index (χ3n) is 2.71. The SMILES string of the molecule is N#CC(Nc1ccc(Cl)c(Br)c1)c1cc(F)c(F)cc1F. The van der Waals surface area contributed by atoms with Gasteiger partial charge in [0.1, 0.15) is 11.9 Å². The van der Waals surface area contributed by atoms with Gasteiger partial charge in [-0.3, -0.25) is 0 Å². The van der Waals surface area contributed by atoms with Crippen LogP contribution in [0.5, 0.6) is 0 Å². The van der Waals surface area contributed by atoms with Crippen molar-refractivity contribution in [3.05, 3.63) is 62.8 Å². The molecule has 0 fully saturated rings. The fraction of sp³-hybridized carbons (Fsp3) is 0.0714. The topological polar surface area (TPSA) is 35.8 Å². The lowest BCUT2D eigenvalue weighted by Gasteiger charge is -2.15. The van der Waals surface area contributed by atoms with Crippen LogP contribution in [0.3, 0.4) is 0 Å². The van der Waals surface area contributed by atoms with Crippen LogP contribution < -0.4 is 5.32 Å². The van der Waals surface area contributed by atoms with Crippen molar-refractivity contribution in [1.29, 1.82) is 5.26 Å². The lowest BCUT2D eigenvalue weighted by atomic mass is 10.1. The number of halogens is 5. The lowest BCUT2D eigenvalue weighted by Crippen LogP contribution is -2.11. The summed E-state index contributed by atoms with van der Waals surface area (Å²) in [6, 6.07) is 6.44. The highest BCUT2D eigenvalue weighted by atomic mass is 79.9. The van der Waals surface area contributed by atoms with Crippen LogP contribution in [0.4, 0.5) is 18.9 Å². The first kappa shape index (κ1) is 15.7. The molecule has 0 saturated carbocycles. The van der Waals surface area contributed by atoms with E-state index in [4.69, 9.17) is 16.9 Å². The molecule has 1 unspecified atom stereocenters. The number of hydrogen-bond acceptors (Lipinski definition) is 2. The summed E-state index contributed by atoms with van der Waals surface area (Å²) >= 11 is 9.05. The molecule has 108 valence electrons. The minimum atomic E-state index is -1.30. The fourth-order valence-corrected chi connectivity index (χ4v) is 2.19. The summed E-state index contributed by atoms with van der Waals surface area (Å²) in [5.74, 6) is -3.52. The monoisotopic (exact) mass is 374 g/mol. The number of benzene rings is 2. The molecule has 1 N–H and O–H groups in total. The molecule has 0 aliphatic rings. The Hall–Kier alpha value is -1.71. The molecule has 0 aromatic heterocycles. The number of nitriles is 1. The zero-order valence-electron chi connectivity index (χ0n) is 10.3. The molecular formula is C14H7BrClF3N2. The maximum atomic E-state index is 13.7. The number of nitrogens with zero attached hydrogens (tertiary/aromatic N) is 1. The van der Waals surface area contributed by atoms with Crippen LogP contribution in [0.25, 0.3) is 0 Å². The smallest absolute Gasteiger partial charge is 0.161 e. The first-order valence-corrected chi connectivity index (χ1v) is 6.85. The van der Waals surface area contributed by atoms with Crippen LogP contribution in [-0.2, 0) is 0 Å². The van der Waals surface area contributed by atoms with Gasteiger partial charge in [-0.2, -0.15) is 5.26 Å². The Bertz CT molecular complexity index is 731. The third-order valence-corrected chi connectivity index (χ3v) is 3.92.